The SMILES string of the molecule is NCc1ccc(NC(=O)[C@H](O)C2OCCN(c3cccc(OCC(=O)O)c3)C2=O)cc1. The Hall–Kier alpha value is -3.47. The molecule has 0 spiro atoms. The lowest BCUT2D eigenvalue weighted by Gasteiger charge is -2.34. The number of nitrogens with two attached hydrogens (primary N) is 1. The topological polar surface area (TPSA) is 151 Å². The van der Waals surface area contributed by atoms with Crippen LogP contribution in [0.4, 0.5) is 11.4 Å². The highest BCUT2D eigenvalue weighted by Gasteiger charge is 2.39. The number of aliphatic hydroxyl groups excluding tert-OH is 1. The molecule has 3 rings (SSSR count). The van der Waals surface area contributed by atoms with Crippen LogP contribution in [0.5, 0.6) is 5.75 Å². The standard InChI is InChI=1S/C21H23N3O7/c22-11-13-4-6-14(7-5-13)23-20(28)18(27)19-21(29)24(8-9-30-19)15-2-1-3-16(10-15)31-12-17(25)26/h1-7,10,18-19,27H,8-9,11-12,22H2,(H,23,28)(H,25,26)/t18-,19?/m1/s1. The van der Waals surface area contributed by atoms with E-state index in [2.05, 4.69) is 5.32 Å². The van der Waals surface area contributed by atoms with Gasteiger partial charge in [0.05, 0.1) is 6.61 Å². The normalized spacial score (nSPS) is 17.2. The van der Waals surface area contributed by atoms with Crippen LogP contribution in [0.1, 0.15) is 5.56 Å². The number of anilines is 2. The molecule has 1 aliphatic rings. The third-order valence-electron chi connectivity index (χ3n) is 4.63. The number of rotatable bonds is 8. The van der Waals surface area contributed by atoms with E-state index in [1.165, 1.54) is 11.0 Å². The number of morpholine rings is 1. The number of aliphatic hydroxyl groups is 1. The van der Waals surface area contributed by atoms with Gasteiger partial charge in [0.15, 0.2) is 18.8 Å². The molecule has 1 saturated heterocycles. The van der Waals surface area contributed by atoms with Gasteiger partial charge in [0.1, 0.15) is 5.75 Å². The Morgan fingerprint density at radius 3 is 2.68 bits per heavy atom. The summed E-state index contributed by atoms with van der Waals surface area (Å²) in [6, 6.07) is 13.1. The Kier molecular flexibility index (Phi) is 7.19. The van der Waals surface area contributed by atoms with Crippen molar-refractivity contribution in [2.75, 3.05) is 30.0 Å². The third kappa shape index (κ3) is 5.57. The lowest BCUT2D eigenvalue weighted by Crippen LogP contribution is -2.55. The van der Waals surface area contributed by atoms with Crippen molar-refractivity contribution in [1.82, 2.24) is 0 Å². The fourth-order valence-corrected chi connectivity index (χ4v) is 3.05. The molecule has 5 N–H and O–H groups in total. The molecule has 2 aromatic carbocycles. The fraction of sp³-hybridized carbons (Fsp3) is 0.286. The molecule has 0 aromatic heterocycles. The smallest absolute Gasteiger partial charge is 0.341 e. The van der Waals surface area contributed by atoms with Crippen molar-refractivity contribution in [3.8, 4) is 5.75 Å². The Bertz CT molecular complexity index is 948. The summed E-state index contributed by atoms with van der Waals surface area (Å²) in [6.07, 6.45) is -3.11. The van der Waals surface area contributed by atoms with Gasteiger partial charge in [-0.25, -0.2) is 4.79 Å². The number of aliphatic carboxylic acids is 1. The lowest BCUT2D eigenvalue weighted by molar-refractivity contribution is -0.150. The summed E-state index contributed by atoms with van der Waals surface area (Å²) in [5.41, 5.74) is 7.31. The zero-order valence-electron chi connectivity index (χ0n) is 16.6. The number of nitrogens with zero attached hydrogens (tertiary/aromatic N) is 1. The van der Waals surface area contributed by atoms with Crippen LogP contribution in [-0.2, 0) is 25.7 Å². The second kappa shape index (κ2) is 10.0. The molecular formula is C21H23N3O7. The van der Waals surface area contributed by atoms with Crippen molar-refractivity contribution < 1.29 is 34.1 Å². The van der Waals surface area contributed by atoms with E-state index in [9.17, 15) is 19.5 Å². The van der Waals surface area contributed by atoms with Crippen LogP contribution in [0.15, 0.2) is 48.5 Å². The van der Waals surface area contributed by atoms with Crippen molar-refractivity contribution in [3.05, 3.63) is 54.1 Å². The molecule has 1 unspecified atom stereocenters. The number of carboxylic acids is 1. The molecule has 31 heavy (non-hydrogen) atoms. The number of amides is 2. The Morgan fingerprint density at radius 1 is 1.26 bits per heavy atom. The molecule has 0 aliphatic carbocycles. The minimum absolute atomic E-state index is 0.103. The van der Waals surface area contributed by atoms with Gasteiger partial charge in [0.2, 0.25) is 0 Å². The summed E-state index contributed by atoms with van der Waals surface area (Å²) >= 11 is 0. The quantitative estimate of drug-likeness (QED) is 0.469. The molecule has 10 nitrogen and oxygen atoms in total. The summed E-state index contributed by atoms with van der Waals surface area (Å²) in [5, 5.41) is 21.7. The van der Waals surface area contributed by atoms with Crippen LogP contribution in [0.2, 0.25) is 0 Å². The van der Waals surface area contributed by atoms with Crippen LogP contribution < -0.4 is 20.7 Å². The lowest BCUT2D eigenvalue weighted by atomic mass is 10.1. The van der Waals surface area contributed by atoms with Crippen molar-refractivity contribution in [1.29, 1.82) is 0 Å². The number of nitrogens with one attached hydrogen (secondary N) is 1. The van der Waals surface area contributed by atoms with Gasteiger partial charge in [-0.3, -0.25) is 9.59 Å². The van der Waals surface area contributed by atoms with Crippen LogP contribution in [0.3, 0.4) is 0 Å². The predicted molar refractivity (Wildman–Crippen MR) is 111 cm³/mol. The molecule has 2 amide bonds. The maximum absolute atomic E-state index is 12.9. The number of carboxylic acid groups (broad SMARTS) is 1. The second-order valence-electron chi connectivity index (χ2n) is 6.80. The van der Waals surface area contributed by atoms with Gasteiger partial charge in [-0.05, 0) is 29.8 Å². The highest BCUT2D eigenvalue weighted by atomic mass is 16.5. The molecule has 2 atom stereocenters. The molecule has 1 heterocycles. The van der Waals surface area contributed by atoms with E-state index in [0.717, 1.165) is 5.56 Å². The summed E-state index contributed by atoms with van der Waals surface area (Å²) in [7, 11) is 0. The zero-order valence-corrected chi connectivity index (χ0v) is 16.6. The van der Waals surface area contributed by atoms with E-state index >= 15 is 0 Å². The number of carbonyl (C=O) groups is 3. The van der Waals surface area contributed by atoms with E-state index < -0.39 is 36.6 Å². The summed E-state index contributed by atoms with van der Waals surface area (Å²) in [5.74, 6) is -2.23. The minimum Gasteiger partial charge on any atom is -0.482 e. The van der Waals surface area contributed by atoms with Crippen LogP contribution in [0, 0.1) is 0 Å². The van der Waals surface area contributed by atoms with Crippen molar-refractivity contribution in [3.63, 3.8) is 0 Å². The van der Waals surface area contributed by atoms with Crippen molar-refractivity contribution >= 4 is 29.2 Å². The number of hydrogen-bond donors (Lipinski definition) is 4. The number of hydrogen-bond acceptors (Lipinski definition) is 7. The average molecular weight is 429 g/mol. The number of benzene rings is 2. The first kappa shape index (κ1) is 22.2. The monoisotopic (exact) mass is 429 g/mol. The maximum atomic E-state index is 12.9. The second-order valence-corrected chi connectivity index (χ2v) is 6.80. The van der Waals surface area contributed by atoms with Gasteiger partial charge in [-0.1, -0.05) is 18.2 Å². The first-order valence-electron chi connectivity index (χ1n) is 9.54. The molecule has 2 aromatic rings. The molecule has 0 saturated carbocycles. The van der Waals surface area contributed by atoms with Crippen molar-refractivity contribution in [2.24, 2.45) is 5.73 Å². The number of ether oxygens (including phenoxy) is 2. The third-order valence-corrected chi connectivity index (χ3v) is 4.63. The van der Waals surface area contributed by atoms with Gasteiger partial charge >= 0.3 is 5.97 Å². The largest absolute Gasteiger partial charge is 0.482 e. The Balaban J connectivity index is 1.68. The summed E-state index contributed by atoms with van der Waals surface area (Å²) < 4.78 is 10.5. The Labute approximate surface area is 178 Å². The highest BCUT2D eigenvalue weighted by molar-refractivity contribution is 6.03. The van der Waals surface area contributed by atoms with Crippen LogP contribution in [0.25, 0.3) is 0 Å². The summed E-state index contributed by atoms with van der Waals surface area (Å²) in [4.78, 5) is 37.4. The fourth-order valence-electron chi connectivity index (χ4n) is 3.05. The van der Waals surface area contributed by atoms with Gasteiger partial charge < -0.3 is 35.6 Å². The van der Waals surface area contributed by atoms with E-state index in [4.69, 9.17) is 20.3 Å². The predicted octanol–water partition coefficient (Wildman–Crippen LogP) is 0.340. The molecule has 0 radical (unpaired) electrons. The maximum Gasteiger partial charge on any atom is 0.341 e. The van der Waals surface area contributed by atoms with E-state index in [1.54, 1.807) is 42.5 Å². The van der Waals surface area contributed by atoms with E-state index in [1.807, 2.05) is 0 Å². The first-order valence-corrected chi connectivity index (χ1v) is 9.54. The van der Waals surface area contributed by atoms with Gasteiger partial charge in [-0.15, -0.1) is 0 Å². The van der Waals surface area contributed by atoms with Crippen LogP contribution in [-0.4, -0.2) is 60.0 Å². The first-order chi connectivity index (χ1) is 14.9. The average Bonchev–Trinajstić information content (AvgIpc) is 2.78. The molecule has 1 fully saturated rings. The molecule has 0 bridgehead atoms. The van der Waals surface area contributed by atoms with Crippen molar-refractivity contribution in [2.45, 2.75) is 18.8 Å². The van der Waals surface area contributed by atoms with E-state index in [-0.39, 0.29) is 18.9 Å². The van der Waals surface area contributed by atoms with Gasteiger partial charge in [0, 0.05) is 30.5 Å². The summed E-state index contributed by atoms with van der Waals surface area (Å²) in [6.45, 7) is 0.146. The zero-order chi connectivity index (χ0) is 22.4. The Morgan fingerprint density at radius 2 is 2.00 bits per heavy atom. The minimum atomic E-state index is -1.73. The van der Waals surface area contributed by atoms with Gasteiger partial charge in [-0.2, -0.15) is 0 Å². The molecule has 10 heteroatoms. The highest BCUT2D eigenvalue weighted by Crippen LogP contribution is 2.25. The molecular weight excluding hydrogens is 406 g/mol. The molecule has 164 valence electrons. The van der Waals surface area contributed by atoms with Gasteiger partial charge in [0.25, 0.3) is 11.8 Å². The van der Waals surface area contributed by atoms with E-state index in [0.29, 0.717) is 17.9 Å². The molecule has 1 aliphatic heterocycles. The van der Waals surface area contributed by atoms with Crippen LogP contribution >= 0.6 is 0 Å². The number of carbonyl (C=O) groups excluding carboxylic acids is 2.